The van der Waals surface area contributed by atoms with Crippen molar-refractivity contribution in [3.63, 3.8) is 0 Å². The number of likely N-dealkylation sites (tertiary alicyclic amines) is 1. The molecule has 4 heterocycles. The molecule has 1 N–H and O–H groups in total. The topological polar surface area (TPSA) is 94.2 Å². The van der Waals surface area contributed by atoms with E-state index in [1.807, 2.05) is 0 Å². The normalized spacial score (nSPS) is 16.5. The van der Waals surface area contributed by atoms with Crippen LogP contribution < -0.4 is 16.6 Å². The SMILES string of the molecule is CC1CCN([C@H](CNC(=O)CCn2cnc3c2c(=O)n(C)c(=O)n3C)c2cccs2)CC1. The molecule has 32 heavy (non-hydrogen) atoms. The number of thiophene rings is 1. The fourth-order valence-corrected chi connectivity index (χ4v) is 5.18. The van der Waals surface area contributed by atoms with Gasteiger partial charge in [0.25, 0.3) is 5.56 Å². The van der Waals surface area contributed by atoms with Gasteiger partial charge in [-0.2, -0.15) is 0 Å². The largest absolute Gasteiger partial charge is 0.354 e. The molecule has 0 saturated carbocycles. The summed E-state index contributed by atoms with van der Waals surface area (Å²) in [6.45, 7) is 5.27. The van der Waals surface area contributed by atoms with Crippen LogP contribution in [0.25, 0.3) is 11.2 Å². The number of aryl methyl sites for hydroxylation is 2. The number of piperidine rings is 1. The Morgan fingerprint density at radius 3 is 2.69 bits per heavy atom. The fraction of sp³-hybridized carbons (Fsp3) is 0.545. The molecule has 3 aromatic heterocycles. The van der Waals surface area contributed by atoms with E-state index in [1.54, 1.807) is 23.0 Å². The Balaban J connectivity index is 1.41. The van der Waals surface area contributed by atoms with Crippen molar-refractivity contribution in [2.24, 2.45) is 20.0 Å². The van der Waals surface area contributed by atoms with E-state index in [0.717, 1.165) is 23.6 Å². The molecule has 10 heteroatoms. The minimum atomic E-state index is -0.419. The summed E-state index contributed by atoms with van der Waals surface area (Å²) in [7, 11) is 3.03. The summed E-state index contributed by atoms with van der Waals surface area (Å²) in [5.41, 5.74) is -0.160. The van der Waals surface area contributed by atoms with E-state index in [-0.39, 0.29) is 18.4 Å². The summed E-state index contributed by atoms with van der Waals surface area (Å²) in [6.07, 6.45) is 4.11. The van der Waals surface area contributed by atoms with Gasteiger partial charge in [-0.3, -0.25) is 23.6 Å². The predicted octanol–water partition coefficient (Wildman–Crippen LogP) is 1.47. The van der Waals surface area contributed by atoms with Crippen LogP contribution in [0.3, 0.4) is 0 Å². The number of imidazole rings is 1. The first kappa shape index (κ1) is 22.5. The number of aromatic nitrogens is 4. The Bertz CT molecular complexity index is 1200. The fourth-order valence-electron chi connectivity index (χ4n) is 4.32. The van der Waals surface area contributed by atoms with Crippen molar-refractivity contribution in [1.82, 2.24) is 28.9 Å². The number of hydrogen-bond acceptors (Lipinski definition) is 6. The van der Waals surface area contributed by atoms with Gasteiger partial charge in [-0.25, -0.2) is 9.78 Å². The third-order valence-electron chi connectivity index (χ3n) is 6.42. The summed E-state index contributed by atoms with van der Waals surface area (Å²) in [5.74, 6) is 0.683. The second-order valence-corrected chi connectivity index (χ2v) is 9.60. The van der Waals surface area contributed by atoms with Gasteiger partial charge in [-0.05, 0) is 43.3 Å². The Labute approximate surface area is 190 Å². The zero-order valence-electron chi connectivity index (χ0n) is 18.8. The van der Waals surface area contributed by atoms with Gasteiger partial charge in [0.2, 0.25) is 5.91 Å². The van der Waals surface area contributed by atoms with Crippen LogP contribution in [0.2, 0.25) is 0 Å². The van der Waals surface area contributed by atoms with E-state index in [0.29, 0.717) is 24.3 Å². The quantitative estimate of drug-likeness (QED) is 0.579. The molecule has 0 aliphatic carbocycles. The molecule has 0 radical (unpaired) electrons. The first-order valence-electron chi connectivity index (χ1n) is 11.0. The minimum Gasteiger partial charge on any atom is -0.354 e. The Morgan fingerprint density at radius 2 is 2.00 bits per heavy atom. The average Bonchev–Trinajstić information content (AvgIpc) is 3.46. The lowest BCUT2D eigenvalue weighted by molar-refractivity contribution is -0.121. The van der Waals surface area contributed by atoms with Crippen LogP contribution in [0.1, 0.15) is 37.1 Å². The predicted molar refractivity (Wildman–Crippen MR) is 125 cm³/mol. The van der Waals surface area contributed by atoms with Crippen molar-refractivity contribution in [3.05, 3.63) is 49.6 Å². The molecule has 0 aromatic carbocycles. The summed E-state index contributed by atoms with van der Waals surface area (Å²) in [6, 6.07) is 4.37. The molecule has 1 saturated heterocycles. The molecule has 1 fully saturated rings. The monoisotopic (exact) mass is 458 g/mol. The van der Waals surface area contributed by atoms with Crippen LogP contribution in [-0.2, 0) is 25.4 Å². The van der Waals surface area contributed by atoms with Crippen molar-refractivity contribution >= 4 is 28.4 Å². The van der Waals surface area contributed by atoms with Crippen molar-refractivity contribution in [2.45, 2.75) is 38.8 Å². The van der Waals surface area contributed by atoms with E-state index in [4.69, 9.17) is 0 Å². The highest BCUT2D eigenvalue weighted by Gasteiger charge is 2.25. The maximum absolute atomic E-state index is 12.7. The molecular formula is C22H30N6O3S. The van der Waals surface area contributed by atoms with Crippen molar-refractivity contribution in [3.8, 4) is 0 Å². The zero-order valence-corrected chi connectivity index (χ0v) is 19.6. The molecule has 3 aromatic rings. The Morgan fingerprint density at radius 1 is 1.25 bits per heavy atom. The number of nitrogens with zero attached hydrogens (tertiary/aromatic N) is 5. The highest BCUT2D eigenvalue weighted by molar-refractivity contribution is 7.10. The van der Waals surface area contributed by atoms with Gasteiger partial charge in [-0.1, -0.05) is 13.0 Å². The lowest BCUT2D eigenvalue weighted by Gasteiger charge is -2.36. The molecule has 0 bridgehead atoms. The van der Waals surface area contributed by atoms with Crippen molar-refractivity contribution < 1.29 is 4.79 Å². The zero-order chi connectivity index (χ0) is 22.8. The van der Waals surface area contributed by atoms with Gasteiger partial charge in [0, 0.05) is 38.5 Å². The molecule has 4 rings (SSSR count). The van der Waals surface area contributed by atoms with Crippen molar-refractivity contribution in [2.75, 3.05) is 19.6 Å². The van der Waals surface area contributed by atoms with Crippen LogP contribution in [0.15, 0.2) is 33.4 Å². The van der Waals surface area contributed by atoms with Crippen LogP contribution in [0, 0.1) is 5.92 Å². The molecule has 9 nitrogen and oxygen atoms in total. The Hall–Kier alpha value is -2.72. The maximum Gasteiger partial charge on any atom is 0.332 e. The highest BCUT2D eigenvalue weighted by atomic mass is 32.1. The summed E-state index contributed by atoms with van der Waals surface area (Å²) < 4.78 is 4.06. The van der Waals surface area contributed by atoms with Gasteiger partial charge < -0.3 is 9.88 Å². The first-order chi connectivity index (χ1) is 15.4. The third kappa shape index (κ3) is 4.42. The number of fused-ring (bicyclic) bond motifs is 1. The second kappa shape index (κ2) is 9.41. The summed E-state index contributed by atoms with van der Waals surface area (Å²) in [5, 5.41) is 5.17. The van der Waals surface area contributed by atoms with E-state index in [2.05, 4.69) is 39.6 Å². The van der Waals surface area contributed by atoms with Gasteiger partial charge >= 0.3 is 5.69 Å². The molecule has 1 aliphatic heterocycles. The lowest BCUT2D eigenvalue weighted by atomic mass is 9.97. The third-order valence-corrected chi connectivity index (χ3v) is 7.39. The smallest absolute Gasteiger partial charge is 0.332 e. The minimum absolute atomic E-state index is 0.0690. The number of nitrogens with one attached hydrogen (secondary N) is 1. The lowest BCUT2D eigenvalue weighted by Crippen LogP contribution is -2.41. The van der Waals surface area contributed by atoms with Gasteiger partial charge in [0.15, 0.2) is 11.2 Å². The molecule has 1 aliphatic rings. The maximum atomic E-state index is 12.7. The number of rotatable bonds is 7. The number of hydrogen-bond donors (Lipinski definition) is 1. The second-order valence-electron chi connectivity index (χ2n) is 8.62. The Kier molecular flexibility index (Phi) is 6.61. The molecular weight excluding hydrogens is 428 g/mol. The average molecular weight is 459 g/mol. The van der Waals surface area contributed by atoms with Crippen LogP contribution in [0.5, 0.6) is 0 Å². The summed E-state index contributed by atoms with van der Waals surface area (Å²) >= 11 is 1.73. The van der Waals surface area contributed by atoms with Gasteiger partial charge in [-0.15, -0.1) is 11.3 Å². The molecule has 1 atom stereocenters. The van der Waals surface area contributed by atoms with Crippen molar-refractivity contribution in [1.29, 1.82) is 0 Å². The van der Waals surface area contributed by atoms with Gasteiger partial charge in [0.05, 0.1) is 12.4 Å². The first-order valence-corrected chi connectivity index (χ1v) is 11.9. The van der Waals surface area contributed by atoms with E-state index < -0.39 is 11.2 Å². The highest BCUT2D eigenvalue weighted by Crippen LogP contribution is 2.29. The van der Waals surface area contributed by atoms with E-state index in [9.17, 15) is 14.4 Å². The number of carbonyl (C=O) groups is 1. The number of carbonyl (C=O) groups excluding carboxylic acids is 1. The standard InChI is InChI=1S/C22H30N6O3S/c1-15-6-9-27(10-7-15)16(17-5-4-12-32-17)13-23-18(29)8-11-28-14-24-20-19(28)21(30)26(3)22(31)25(20)2/h4-5,12,14-16H,6-11,13H2,1-3H3,(H,23,29)/t16-/m1/s1. The van der Waals surface area contributed by atoms with E-state index in [1.165, 1.54) is 35.7 Å². The van der Waals surface area contributed by atoms with Crippen LogP contribution in [-0.4, -0.2) is 49.1 Å². The summed E-state index contributed by atoms with van der Waals surface area (Å²) in [4.78, 5) is 45.2. The number of amides is 1. The molecule has 0 unspecified atom stereocenters. The van der Waals surface area contributed by atoms with Crippen LogP contribution in [0.4, 0.5) is 0 Å². The van der Waals surface area contributed by atoms with Crippen LogP contribution >= 0.6 is 11.3 Å². The molecule has 172 valence electrons. The van der Waals surface area contributed by atoms with Gasteiger partial charge in [0.1, 0.15) is 0 Å². The molecule has 0 spiro atoms. The van der Waals surface area contributed by atoms with E-state index >= 15 is 0 Å². The molecule has 1 amide bonds.